The zero-order chi connectivity index (χ0) is 13.5. The summed E-state index contributed by atoms with van der Waals surface area (Å²) in [5.74, 6) is 0.454. The normalized spacial score (nSPS) is 14.3. The van der Waals surface area contributed by atoms with Gasteiger partial charge < -0.3 is 11.1 Å². The lowest BCUT2D eigenvalue weighted by atomic mass is 9.96. The Hall–Kier alpha value is -1.35. The molecule has 0 fully saturated rings. The minimum atomic E-state index is -0.0869. The first kappa shape index (κ1) is 14.7. The summed E-state index contributed by atoms with van der Waals surface area (Å²) in [4.78, 5) is 12.1. The van der Waals surface area contributed by atoms with Crippen LogP contribution in [0.2, 0.25) is 0 Å². The van der Waals surface area contributed by atoms with Crippen LogP contribution < -0.4 is 11.1 Å². The van der Waals surface area contributed by atoms with Crippen molar-refractivity contribution in [3.63, 3.8) is 0 Å². The molecule has 1 aromatic rings. The quantitative estimate of drug-likeness (QED) is 0.812. The number of nitrogens with two attached hydrogens (primary N) is 1. The monoisotopic (exact) mass is 248 g/mol. The van der Waals surface area contributed by atoms with Crippen LogP contribution in [0.25, 0.3) is 0 Å². The van der Waals surface area contributed by atoms with E-state index in [1.165, 1.54) is 0 Å². The molecule has 0 aliphatic carbocycles. The Balaban J connectivity index is 2.58. The molecule has 1 aromatic carbocycles. The fourth-order valence-electron chi connectivity index (χ4n) is 2.04. The highest BCUT2D eigenvalue weighted by Crippen LogP contribution is 2.15. The number of carbonyl (C=O) groups excluding carboxylic acids is 1. The van der Waals surface area contributed by atoms with Gasteiger partial charge in [-0.3, -0.25) is 4.79 Å². The Morgan fingerprint density at radius 1 is 1.22 bits per heavy atom. The molecule has 0 aliphatic heterocycles. The van der Waals surface area contributed by atoms with Crippen molar-refractivity contribution in [1.29, 1.82) is 0 Å². The molecule has 0 saturated carbocycles. The van der Waals surface area contributed by atoms with Crippen molar-refractivity contribution in [1.82, 2.24) is 5.32 Å². The third kappa shape index (κ3) is 4.49. The van der Waals surface area contributed by atoms with E-state index < -0.39 is 0 Å². The van der Waals surface area contributed by atoms with Crippen LogP contribution in [0.1, 0.15) is 38.8 Å². The summed E-state index contributed by atoms with van der Waals surface area (Å²) in [5.41, 5.74) is 6.79. The number of carbonyl (C=O) groups is 1. The van der Waals surface area contributed by atoms with Gasteiger partial charge in [0.1, 0.15) is 0 Å². The zero-order valence-electron chi connectivity index (χ0n) is 11.5. The minimum Gasteiger partial charge on any atom is -0.349 e. The van der Waals surface area contributed by atoms with Gasteiger partial charge >= 0.3 is 0 Å². The van der Waals surface area contributed by atoms with Crippen LogP contribution >= 0.6 is 0 Å². The molecule has 2 atom stereocenters. The lowest BCUT2D eigenvalue weighted by Gasteiger charge is -2.20. The summed E-state index contributed by atoms with van der Waals surface area (Å²) in [7, 11) is 0. The molecule has 1 amide bonds. The Labute approximate surface area is 110 Å². The molecule has 3 nitrogen and oxygen atoms in total. The summed E-state index contributed by atoms with van der Waals surface area (Å²) >= 11 is 0. The van der Waals surface area contributed by atoms with Crippen LogP contribution in [-0.2, 0) is 4.79 Å². The predicted octanol–water partition coefficient (Wildman–Crippen LogP) is 2.48. The van der Waals surface area contributed by atoms with E-state index in [1.54, 1.807) is 0 Å². The molecule has 0 saturated heterocycles. The third-order valence-electron chi connectivity index (χ3n) is 3.07. The summed E-state index contributed by atoms with van der Waals surface area (Å²) in [6.07, 6.45) is 0.837. The van der Waals surface area contributed by atoms with Crippen LogP contribution in [0.3, 0.4) is 0 Å². The summed E-state index contributed by atoms with van der Waals surface area (Å²) in [6.45, 7) is 6.62. The zero-order valence-corrected chi connectivity index (χ0v) is 11.5. The van der Waals surface area contributed by atoms with Crippen molar-refractivity contribution >= 4 is 5.91 Å². The standard InChI is InChI=1S/C15H24N2O/c1-11(2)9-14(10-16)15(18)17-12(3)13-7-5-4-6-8-13/h4-8,11-12,14H,9-10,16H2,1-3H3,(H,17,18)/t12-,14?/m1/s1. The molecular formula is C15H24N2O. The number of hydrogen-bond donors (Lipinski definition) is 2. The number of rotatable bonds is 6. The molecule has 3 heteroatoms. The molecular weight excluding hydrogens is 224 g/mol. The molecule has 0 radical (unpaired) electrons. The highest BCUT2D eigenvalue weighted by Gasteiger charge is 2.19. The van der Waals surface area contributed by atoms with Crippen molar-refractivity contribution < 1.29 is 4.79 Å². The number of amides is 1. The fraction of sp³-hybridized carbons (Fsp3) is 0.533. The first-order chi connectivity index (χ1) is 8.54. The smallest absolute Gasteiger partial charge is 0.224 e. The van der Waals surface area contributed by atoms with E-state index in [1.807, 2.05) is 37.3 Å². The van der Waals surface area contributed by atoms with Gasteiger partial charge in [0, 0.05) is 6.54 Å². The summed E-state index contributed by atoms with van der Waals surface area (Å²) < 4.78 is 0. The van der Waals surface area contributed by atoms with E-state index in [0.29, 0.717) is 12.5 Å². The largest absolute Gasteiger partial charge is 0.349 e. The lowest BCUT2D eigenvalue weighted by molar-refractivity contribution is -0.125. The first-order valence-corrected chi connectivity index (χ1v) is 6.60. The highest BCUT2D eigenvalue weighted by atomic mass is 16.1. The maximum Gasteiger partial charge on any atom is 0.224 e. The second-order valence-corrected chi connectivity index (χ2v) is 5.20. The molecule has 18 heavy (non-hydrogen) atoms. The molecule has 0 heterocycles. The van der Waals surface area contributed by atoms with Gasteiger partial charge in [-0.1, -0.05) is 44.2 Å². The Morgan fingerprint density at radius 3 is 2.33 bits per heavy atom. The maximum atomic E-state index is 12.1. The van der Waals surface area contributed by atoms with Crippen LogP contribution in [0, 0.1) is 11.8 Å². The average Bonchev–Trinajstić information content (AvgIpc) is 2.36. The van der Waals surface area contributed by atoms with E-state index >= 15 is 0 Å². The topological polar surface area (TPSA) is 55.1 Å². The fourth-order valence-corrected chi connectivity index (χ4v) is 2.04. The van der Waals surface area contributed by atoms with Crippen molar-refractivity contribution in [2.75, 3.05) is 6.54 Å². The van der Waals surface area contributed by atoms with Crippen molar-refractivity contribution in [2.45, 2.75) is 33.2 Å². The molecule has 3 N–H and O–H groups in total. The van der Waals surface area contributed by atoms with Crippen LogP contribution in [-0.4, -0.2) is 12.5 Å². The molecule has 100 valence electrons. The SMILES string of the molecule is CC(C)CC(CN)C(=O)N[C@H](C)c1ccccc1. The second-order valence-electron chi connectivity index (χ2n) is 5.20. The molecule has 0 bridgehead atoms. The number of nitrogens with one attached hydrogen (secondary N) is 1. The van der Waals surface area contributed by atoms with Crippen molar-refractivity contribution in [3.8, 4) is 0 Å². The van der Waals surface area contributed by atoms with E-state index in [-0.39, 0.29) is 17.9 Å². The Bertz CT molecular complexity index is 362. The Morgan fingerprint density at radius 2 is 1.83 bits per heavy atom. The summed E-state index contributed by atoms with van der Waals surface area (Å²) in [5, 5.41) is 3.03. The molecule has 0 aromatic heterocycles. The minimum absolute atomic E-state index is 0.0277. The van der Waals surface area contributed by atoms with Gasteiger partial charge in [0.15, 0.2) is 0 Å². The van der Waals surface area contributed by atoms with Gasteiger partial charge in [0.2, 0.25) is 5.91 Å². The van der Waals surface area contributed by atoms with E-state index in [9.17, 15) is 4.79 Å². The van der Waals surface area contributed by atoms with Crippen molar-refractivity contribution in [3.05, 3.63) is 35.9 Å². The third-order valence-corrected chi connectivity index (χ3v) is 3.07. The molecule has 0 spiro atoms. The molecule has 0 aliphatic rings. The summed E-state index contributed by atoms with van der Waals surface area (Å²) in [6, 6.07) is 9.99. The van der Waals surface area contributed by atoms with Crippen LogP contribution in [0.4, 0.5) is 0 Å². The predicted molar refractivity (Wildman–Crippen MR) is 75.0 cm³/mol. The average molecular weight is 248 g/mol. The van der Waals surface area contributed by atoms with Gasteiger partial charge in [0.05, 0.1) is 12.0 Å². The molecule has 1 rings (SSSR count). The van der Waals surface area contributed by atoms with E-state index in [0.717, 1.165) is 12.0 Å². The van der Waals surface area contributed by atoms with Crippen LogP contribution in [0.15, 0.2) is 30.3 Å². The van der Waals surface area contributed by atoms with E-state index in [2.05, 4.69) is 19.2 Å². The van der Waals surface area contributed by atoms with E-state index in [4.69, 9.17) is 5.73 Å². The van der Waals surface area contributed by atoms with Gasteiger partial charge in [-0.05, 0) is 24.8 Å². The second kappa shape index (κ2) is 7.17. The maximum absolute atomic E-state index is 12.1. The van der Waals surface area contributed by atoms with Gasteiger partial charge in [0.25, 0.3) is 0 Å². The molecule has 1 unspecified atom stereocenters. The van der Waals surface area contributed by atoms with Gasteiger partial charge in [-0.15, -0.1) is 0 Å². The Kier molecular flexibility index (Phi) is 5.86. The first-order valence-electron chi connectivity index (χ1n) is 6.60. The number of benzene rings is 1. The highest BCUT2D eigenvalue weighted by molar-refractivity contribution is 5.79. The van der Waals surface area contributed by atoms with Gasteiger partial charge in [-0.25, -0.2) is 0 Å². The van der Waals surface area contributed by atoms with Gasteiger partial charge in [-0.2, -0.15) is 0 Å². The number of hydrogen-bond acceptors (Lipinski definition) is 2. The lowest BCUT2D eigenvalue weighted by Crippen LogP contribution is -2.37. The van der Waals surface area contributed by atoms with Crippen molar-refractivity contribution in [2.24, 2.45) is 17.6 Å². The van der Waals surface area contributed by atoms with Crippen LogP contribution in [0.5, 0.6) is 0 Å².